The Morgan fingerprint density at radius 1 is 0.941 bits per heavy atom. The van der Waals surface area contributed by atoms with Crippen LogP contribution in [-0.4, -0.2) is 15.0 Å². The quantitative estimate of drug-likeness (QED) is 0.634. The van der Waals surface area contributed by atoms with Crippen molar-refractivity contribution in [1.82, 2.24) is 15.0 Å². The highest BCUT2D eigenvalue weighted by Gasteiger charge is 2.02. The maximum absolute atomic E-state index is 4.43. The van der Waals surface area contributed by atoms with Gasteiger partial charge in [0.05, 0.1) is 11.2 Å². The second kappa shape index (κ2) is 3.94. The first kappa shape index (κ1) is 9.90. The number of rotatable bonds is 1. The van der Waals surface area contributed by atoms with Gasteiger partial charge in [-0.05, 0) is 25.1 Å². The molecule has 0 aliphatic heterocycles. The Labute approximate surface area is 99.2 Å². The smallest absolute Gasteiger partial charge is 0.116 e. The van der Waals surface area contributed by atoms with Gasteiger partial charge in [0.15, 0.2) is 0 Å². The Kier molecular flexibility index (Phi) is 2.29. The second-order valence-corrected chi connectivity index (χ2v) is 3.96. The molecule has 3 rings (SSSR count). The zero-order valence-electron chi connectivity index (χ0n) is 9.46. The van der Waals surface area contributed by atoms with Crippen LogP contribution < -0.4 is 0 Å². The molecule has 2 aromatic heterocycles. The maximum atomic E-state index is 4.43. The summed E-state index contributed by atoms with van der Waals surface area (Å²) in [5.41, 5.74) is 3.90. The Bertz CT molecular complexity index is 677. The molecule has 1 aromatic carbocycles. The monoisotopic (exact) mass is 221 g/mol. The Hall–Kier alpha value is -2.29. The first-order chi connectivity index (χ1) is 8.33. The largest absolute Gasteiger partial charge is 0.256 e. The fourth-order valence-electron chi connectivity index (χ4n) is 1.82. The van der Waals surface area contributed by atoms with E-state index in [-0.39, 0.29) is 0 Å². The van der Waals surface area contributed by atoms with E-state index in [1.165, 1.54) is 0 Å². The molecule has 0 aliphatic rings. The third-order valence-corrected chi connectivity index (χ3v) is 2.69. The summed E-state index contributed by atoms with van der Waals surface area (Å²) in [6.07, 6.45) is 3.43. The standard InChI is InChI=1S/C14H11N3/c1-10-6-14(17-9-16-10)12-7-11-4-2-3-5-13(11)15-8-12/h2-9H,1H3. The number of nitrogens with zero attached hydrogens (tertiary/aromatic N) is 3. The van der Waals surface area contributed by atoms with Crippen molar-refractivity contribution in [3.8, 4) is 11.3 Å². The van der Waals surface area contributed by atoms with Crippen LogP contribution >= 0.6 is 0 Å². The van der Waals surface area contributed by atoms with Crippen LogP contribution in [0.2, 0.25) is 0 Å². The Balaban J connectivity index is 2.18. The molecule has 0 N–H and O–H groups in total. The molecule has 3 nitrogen and oxygen atoms in total. The topological polar surface area (TPSA) is 38.7 Å². The third-order valence-electron chi connectivity index (χ3n) is 2.69. The van der Waals surface area contributed by atoms with Gasteiger partial charge in [-0.25, -0.2) is 9.97 Å². The molecule has 0 saturated heterocycles. The lowest BCUT2D eigenvalue weighted by atomic mass is 10.1. The molecule has 0 aliphatic carbocycles. The molecule has 0 unspecified atom stereocenters. The third kappa shape index (κ3) is 1.87. The molecular weight excluding hydrogens is 210 g/mol. The molecule has 0 spiro atoms. The number of para-hydroxylation sites is 1. The van der Waals surface area contributed by atoms with E-state index in [9.17, 15) is 0 Å². The van der Waals surface area contributed by atoms with Crippen LogP contribution in [0.15, 0.2) is 48.9 Å². The van der Waals surface area contributed by atoms with Crippen molar-refractivity contribution in [3.05, 3.63) is 54.6 Å². The summed E-state index contributed by atoms with van der Waals surface area (Å²) in [5.74, 6) is 0. The molecule has 0 amide bonds. The van der Waals surface area contributed by atoms with E-state index >= 15 is 0 Å². The highest BCUT2D eigenvalue weighted by atomic mass is 14.8. The fraction of sp³-hybridized carbons (Fsp3) is 0.0714. The van der Waals surface area contributed by atoms with Crippen LogP contribution in [0.25, 0.3) is 22.2 Å². The highest BCUT2D eigenvalue weighted by molar-refractivity contribution is 5.82. The van der Waals surface area contributed by atoms with Gasteiger partial charge >= 0.3 is 0 Å². The van der Waals surface area contributed by atoms with E-state index in [2.05, 4.69) is 27.1 Å². The molecular formula is C14H11N3. The van der Waals surface area contributed by atoms with Crippen LogP contribution in [0.5, 0.6) is 0 Å². The molecule has 0 radical (unpaired) electrons. The molecule has 82 valence electrons. The number of fused-ring (bicyclic) bond motifs is 1. The fourth-order valence-corrected chi connectivity index (χ4v) is 1.82. The van der Waals surface area contributed by atoms with Gasteiger partial charge in [-0.15, -0.1) is 0 Å². The lowest BCUT2D eigenvalue weighted by Gasteiger charge is -2.02. The molecule has 0 atom stereocenters. The van der Waals surface area contributed by atoms with Gasteiger partial charge in [0.1, 0.15) is 6.33 Å². The van der Waals surface area contributed by atoms with E-state index in [1.807, 2.05) is 37.4 Å². The summed E-state index contributed by atoms with van der Waals surface area (Å²) < 4.78 is 0. The lowest BCUT2D eigenvalue weighted by molar-refractivity contribution is 1.10. The van der Waals surface area contributed by atoms with Gasteiger partial charge in [0.25, 0.3) is 0 Å². The van der Waals surface area contributed by atoms with Crippen LogP contribution in [0.1, 0.15) is 5.69 Å². The minimum Gasteiger partial charge on any atom is -0.256 e. The predicted molar refractivity (Wildman–Crippen MR) is 67.5 cm³/mol. The van der Waals surface area contributed by atoms with Gasteiger partial charge in [0, 0.05) is 22.8 Å². The number of pyridine rings is 1. The molecule has 3 heteroatoms. The summed E-state index contributed by atoms with van der Waals surface area (Å²) in [6, 6.07) is 12.1. The van der Waals surface area contributed by atoms with Gasteiger partial charge < -0.3 is 0 Å². The van der Waals surface area contributed by atoms with Gasteiger partial charge in [-0.3, -0.25) is 4.98 Å². The van der Waals surface area contributed by atoms with E-state index < -0.39 is 0 Å². The van der Waals surface area contributed by atoms with Crippen LogP contribution in [0.4, 0.5) is 0 Å². The lowest BCUT2D eigenvalue weighted by Crippen LogP contribution is -1.89. The van der Waals surface area contributed by atoms with Crippen molar-refractivity contribution in [1.29, 1.82) is 0 Å². The van der Waals surface area contributed by atoms with Crippen LogP contribution in [-0.2, 0) is 0 Å². The summed E-state index contributed by atoms with van der Waals surface area (Å²) in [6.45, 7) is 1.96. The zero-order chi connectivity index (χ0) is 11.7. The molecule has 0 fully saturated rings. The molecule has 0 bridgehead atoms. The van der Waals surface area contributed by atoms with Crippen molar-refractivity contribution in [3.63, 3.8) is 0 Å². The van der Waals surface area contributed by atoms with Crippen molar-refractivity contribution < 1.29 is 0 Å². The first-order valence-corrected chi connectivity index (χ1v) is 5.47. The Morgan fingerprint density at radius 3 is 2.71 bits per heavy atom. The van der Waals surface area contributed by atoms with Crippen molar-refractivity contribution >= 4 is 10.9 Å². The number of benzene rings is 1. The van der Waals surface area contributed by atoms with E-state index in [0.717, 1.165) is 27.9 Å². The first-order valence-electron chi connectivity index (χ1n) is 5.47. The van der Waals surface area contributed by atoms with Crippen LogP contribution in [0, 0.1) is 6.92 Å². The normalized spacial score (nSPS) is 10.6. The van der Waals surface area contributed by atoms with Crippen molar-refractivity contribution in [2.24, 2.45) is 0 Å². The summed E-state index contributed by atoms with van der Waals surface area (Å²) >= 11 is 0. The molecule has 0 saturated carbocycles. The average molecular weight is 221 g/mol. The van der Waals surface area contributed by atoms with Gasteiger partial charge in [-0.1, -0.05) is 18.2 Å². The second-order valence-electron chi connectivity index (χ2n) is 3.96. The highest BCUT2D eigenvalue weighted by Crippen LogP contribution is 2.20. The number of aromatic nitrogens is 3. The predicted octanol–water partition coefficient (Wildman–Crippen LogP) is 3.00. The van der Waals surface area contributed by atoms with Gasteiger partial charge in [0.2, 0.25) is 0 Å². The zero-order valence-corrected chi connectivity index (χ0v) is 9.46. The van der Waals surface area contributed by atoms with Crippen molar-refractivity contribution in [2.75, 3.05) is 0 Å². The molecule has 2 heterocycles. The summed E-state index contributed by atoms with van der Waals surface area (Å²) in [5, 5.41) is 1.13. The number of hydrogen-bond acceptors (Lipinski definition) is 3. The van der Waals surface area contributed by atoms with Crippen molar-refractivity contribution in [2.45, 2.75) is 6.92 Å². The van der Waals surface area contributed by atoms with Crippen LogP contribution in [0.3, 0.4) is 0 Å². The maximum Gasteiger partial charge on any atom is 0.116 e. The minimum atomic E-state index is 0.913. The summed E-state index contributed by atoms with van der Waals surface area (Å²) in [7, 11) is 0. The summed E-state index contributed by atoms with van der Waals surface area (Å²) in [4.78, 5) is 12.8. The molecule has 3 aromatic rings. The number of hydrogen-bond donors (Lipinski definition) is 0. The van der Waals surface area contributed by atoms with E-state index in [1.54, 1.807) is 6.33 Å². The SMILES string of the molecule is Cc1cc(-c2cnc3ccccc3c2)ncn1. The van der Waals surface area contributed by atoms with E-state index in [4.69, 9.17) is 0 Å². The molecule has 17 heavy (non-hydrogen) atoms. The van der Waals surface area contributed by atoms with Gasteiger partial charge in [-0.2, -0.15) is 0 Å². The average Bonchev–Trinajstić information content (AvgIpc) is 2.38. The Morgan fingerprint density at radius 2 is 1.82 bits per heavy atom. The number of aryl methyl sites for hydroxylation is 1. The minimum absolute atomic E-state index is 0.913. The van der Waals surface area contributed by atoms with E-state index in [0.29, 0.717) is 0 Å².